The van der Waals surface area contributed by atoms with Gasteiger partial charge in [-0.1, -0.05) is 49.1 Å². The Kier molecular flexibility index (Phi) is 6.47. The summed E-state index contributed by atoms with van der Waals surface area (Å²) >= 11 is 0. The van der Waals surface area contributed by atoms with Gasteiger partial charge in [-0.2, -0.15) is 13.2 Å². The molecular formula is C18H22F3N. The van der Waals surface area contributed by atoms with Crippen molar-refractivity contribution < 1.29 is 13.2 Å². The molecule has 1 aliphatic heterocycles. The summed E-state index contributed by atoms with van der Waals surface area (Å²) in [7, 11) is 0. The van der Waals surface area contributed by atoms with Gasteiger partial charge in [0.1, 0.15) is 0 Å². The molecule has 0 amide bonds. The van der Waals surface area contributed by atoms with Gasteiger partial charge in [0.05, 0.1) is 0 Å². The summed E-state index contributed by atoms with van der Waals surface area (Å²) in [6, 6.07) is 10.3. The monoisotopic (exact) mass is 309 g/mol. The summed E-state index contributed by atoms with van der Waals surface area (Å²) in [5.74, 6) is 0. The molecule has 1 aromatic rings. The van der Waals surface area contributed by atoms with E-state index in [1.807, 2.05) is 18.2 Å². The largest absolute Gasteiger partial charge is 0.412 e. The van der Waals surface area contributed by atoms with Crippen LogP contribution in [-0.2, 0) is 0 Å². The Bertz CT molecular complexity index is 541. The van der Waals surface area contributed by atoms with E-state index in [1.165, 1.54) is 5.56 Å². The van der Waals surface area contributed by atoms with Crippen molar-refractivity contribution in [3.05, 3.63) is 72.1 Å². The highest BCUT2D eigenvalue weighted by atomic mass is 19.4. The molecule has 1 fully saturated rings. The highest BCUT2D eigenvalue weighted by molar-refractivity contribution is 5.26. The Hall–Kier alpha value is -1.97. The van der Waals surface area contributed by atoms with Crippen molar-refractivity contribution in [1.29, 1.82) is 0 Å². The van der Waals surface area contributed by atoms with Gasteiger partial charge < -0.3 is 4.90 Å². The number of allylic oxidation sites excluding steroid dienone is 3. The summed E-state index contributed by atoms with van der Waals surface area (Å²) < 4.78 is 36.7. The maximum Gasteiger partial charge on any atom is 0.412 e. The van der Waals surface area contributed by atoms with Gasteiger partial charge in [-0.25, -0.2) is 0 Å². The molecule has 120 valence electrons. The Balaban J connectivity index is 0.000000287. The van der Waals surface area contributed by atoms with Crippen LogP contribution in [0, 0.1) is 6.92 Å². The molecule has 0 aliphatic carbocycles. The standard InChI is InChI=1S/C11H14F3N.C7H8/c1-8(11(12,13)14)7-10(3)15-6-4-5-9(15)2;1-7-5-3-2-4-6-7/h7H,2-6H2,1H3;2-6H,1H3/b8-7+;. The molecule has 0 aromatic heterocycles. The van der Waals surface area contributed by atoms with Crippen LogP contribution in [0.4, 0.5) is 13.2 Å². The lowest BCUT2D eigenvalue weighted by Gasteiger charge is -2.20. The predicted molar refractivity (Wildman–Crippen MR) is 85.2 cm³/mol. The average molecular weight is 309 g/mol. The number of hydrogen-bond donors (Lipinski definition) is 0. The van der Waals surface area contributed by atoms with E-state index in [4.69, 9.17) is 0 Å². The summed E-state index contributed by atoms with van der Waals surface area (Å²) in [5.41, 5.74) is 1.90. The molecule has 22 heavy (non-hydrogen) atoms. The molecular weight excluding hydrogens is 287 g/mol. The second-order valence-electron chi connectivity index (χ2n) is 5.29. The molecule has 1 aromatic carbocycles. The Morgan fingerprint density at radius 2 is 1.82 bits per heavy atom. The lowest BCUT2D eigenvalue weighted by atomic mass is 10.2. The first kappa shape index (κ1) is 18.1. The van der Waals surface area contributed by atoms with Crippen molar-refractivity contribution in [2.45, 2.75) is 32.9 Å². The van der Waals surface area contributed by atoms with E-state index in [1.54, 1.807) is 4.90 Å². The Morgan fingerprint density at radius 3 is 2.18 bits per heavy atom. The number of nitrogens with zero attached hydrogens (tertiary/aromatic N) is 1. The predicted octanol–water partition coefficient (Wildman–Crippen LogP) is 5.61. The van der Waals surface area contributed by atoms with Crippen LogP contribution in [0.2, 0.25) is 0 Å². The summed E-state index contributed by atoms with van der Waals surface area (Å²) in [5, 5.41) is 0. The molecule has 1 saturated heterocycles. The number of likely N-dealkylation sites (tertiary alicyclic amines) is 1. The van der Waals surface area contributed by atoms with Crippen molar-refractivity contribution in [2.24, 2.45) is 0 Å². The van der Waals surface area contributed by atoms with Crippen LogP contribution in [0.25, 0.3) is 0 Å². The van der Waals surface area contributed by atoms with Crippen LogP contribution in [0.3, 0.4) is 0 Å². The van der Waals surface area contributed by atoms with E-state index in [0.29, 0.717) is 12.2 Å². The number of hydrogen-bond acceptors (Lipinski definition) is 1. The summed E-state index contributed by atoms with van der Waals surface area (Å²) in [6.45, 7) is 11.2. The molecule has 0 radical (unpaired) electrons. The maximum atomic E-state index is 12.2. The minimum absolute atomic E-state index is 0.368. The average Bonchev–Trinajstić information content (AvgIpc) is 2.85. The fourth-order valence-corrected chi connectivity index (χ4v) is 2.03. The maximum absolute atomic E-state index is 12.2. The normalized spacial score (nSPS) is 15.4. The molecule has 2 rings (SSSR count). The van der Waals surface area contributed by atoms with E-state index in [-0.39, 0.29) is 0 Å². The van der Waals surface area contributed by atoms with Crippen LogP contribution in [-0.4, -0.2) is 17.6 Å². The molecule has 0 atom stereocenters. The van der Waals surface area contributed by atoms with Crippen LogP contribution < -0.4 is 0 Å². The summed E-state index contributed by atoms with van der Waals surface area (Å²) in [4.78, 5) is 1.73. The lowest BCUT2D eigenvalue weighted by Crippen LogP contribution is -2.16. The van der Waals surface area contributed by atoms with Gasteiger partial charge in [0.15, 0.2) is 0 Å². The van der Waals surface area contributed by atoms with Crippen molar-refractivity contribution in [3.8, 4) is 0 Å². The molecule has 0 bridgehead atoms. The summed E-state index contributed by atoms with van der Waals surface area (Å²) in [6.07, 6.45) is -1.45. The molecule has 0 N–H and O–H groups in total. The fraction of sp³-hybridized carbons (Fsp3) is 0.333. The van der Waals surface area contributed by atoms with E-state index in [2.05, 4.69) is 32.2 Å². The van der Waals surface area contributed by atoms with Crippen LogP contribution in [0.1, 0.15) is 25.3 Å². The van der Waals surface area contributed by atoms with E-state index in [9.17, 15) is 13.2 Å². The first-order valence-electron chi connectivity index (χ1n) is 7.13. The zero-order valence-corrected chi connectivity index (χ0v) is 13.1. The van der Waals surface area contributed by atoms with Crippen molar-refractivity contribution >= 4 is 0 Å². The van der Waals surface area contributed by atoms with Gasteiger partial charge >= 0.3 is 6.18 Å². The number of benzene rings is 1. The van der Waals surface area contributed by atoms with E-state index < -0.39 is 11.7 Å². The number of alkyl halides is 3. The molecule has 0 spiro atoms. The topological polar surface area (TPSA) is 3.24 Å². The van der Waals surface area contributed by atoms with Crippen molar-refractivity contribution in [1.82, 2.24) is 4.90 Å². The SMILES string of the molecule is C=C(/C=C(\C)C(F)(F)F)N1CCCC1=C.Cc1ccccc1. The third kappa shape index (κ3) is 5.80. The first-order valence-corrected chi connectivity index (χ1v) is 7.13. The first-order chi connectivity index (χ1) is 10.2. The lowest BCUT2D eigenvalue weighted by molar-refractivity contribution is -0.0914. The molecule has 1 heterocycles. The van der Waals surface area contributed by atoms with Crippen LogP contribution in [0.15, 0.2) is 66.5 Å². The quantitative estimate of drug-likeness (QED) is 0.641. The molecule has 0 unspecified atom stereocenters. The minimum atomic E-state index is -4.27. The van der Waals surface area contributed by atoms with Gasteiger partial charge in [0, 0.05) is 23.5 Å². The second-order valence-corrected chi connectivity index (χ2v) is 5.29. The van der Waals surface area contributed by atoms with Crippen molar-refractivity contribution in [2.75, 3.05) is 6.54 Å². The number of halogens is 3. The molecule has 1 nitrogen and oxygen atoms in total. The van der Waals surface area contributed by atoms with Crippen molar-refractivity contribution in [3.63, 3.8) is 0 Å². The van der Waals surface area contributed by atoms with Gasteiger partial charge in [-0.15, -0.1) is 0 Å². The van der Waals surface area contributed by atoms with Gasteiger partial charge in [-0.3, -0.25) is 0 Å². The minimum Gasteiger partial charge on any atom is -0.346 e. The van der Waals surface area contributed by atoms with E-state index >= 15 is 0 Å². The Morgan fingerprint density at radius 1 is 1.23 bits per heavy atom. The molecule has 1 aliphatic rings. The third-order valence-corrected chi connectivity index (χ3v) is 3.35. The Labute approximate surface area is 130 Å². The highest BCUT2D eigenvalue weighted by Crippen LogP contribution is 2.29. The molecule has 4 heteroatoms. The van der Waals surface area contributed by atoms with Gasteiger partial charge in [0.25, 0.3) is 0 Å². The van der Waals surface area contributed by atoms with Gasteiger partial charge in [0.2, 0.25) is 0 Å². The second kappa shape index (κ2) is 7.87. The van der Waals surface area contributed by atoms with Gasteiger partial charge in [-0.05, 0) is 32.8 Å². The zero-order chi connectivity index (χ0) is 16.8. The third-order valence-electron chi connectivity index (χ3n) is 3.35. The molecule has 0 saturated carbocycles. The number of rotatable bonds is 2. The van der Waals surface area contributed by atoms with Crippen LogP contribution in [0.5, 0.6) is 0 Å². The van der Waals surface area contributed by atoms with E-state index in [0.717, 1.165) is 31.5 Å². The fourth-order valence-electron chi connectivity index (χ4n) is 2.03. The highest BCUT2D eigenvalue weighted by Gasteiger charge is 2.30. The van der Waals surface area contributed by atoms with Crippen LogP contribution >= 0.6 is 0 Å². The zero-order valence-electron chi connectivity index (χ0n) is 13.1. The number of aryl methyl sites for hydroxylation is 1. The smallest absolute Gasteiger partial charge is 0.346 e.